The Kier molecular flexibility index (Phi) is 6.73. The van der Waals surface area contributed by atoms with Crippen LogP contribution >= 0.6 is 11.8 Å². The van der Waals surface area contributed by atoms with Gasteiger partial charge in [0.05, 0.1) is 11.4 Å². The Balaban J connectivity index is 1.94. The Bertz CT molecular complexity index is 664. The van der Waals surface area contributed by atoms with Crippen molar-refractivity contribution in [3.8, 4) is 0 Å². The number of nitrogens with zero attached hydrogens (tertiary/aromatic N) is 2. The monoisotopic (exact) mass is 346 g/mol. The average molecular weight is 347 g/mol. The molecule has 1 aromatic heterocycles. The van der Waals surface area contributed by atoms with Gasteiger partial charge in [0.25, 0.3) is 0 Å². The van der Waals surface area contributed by atoms with E-state index in [0.29, 0.717) is 6.54 Å². The summed E-state index contributed by atoms with van der Waals surface area (Å²) < 4.78 is 0. The Hall–Kier alpha value is -1.95. The largest absolute Gasteiger partial charge is 0.327 e. The molecule has 0 atom stereocenters. The molecule has 0 saturated heterocycles. The Morgan fingerprint density at radius 3 is 2.75 bits per heavy atom. The minimum absolute atomic E-state index is 0.0849. The standard InChI is InChI=1S/C18H26N4OS/c1-5-12-24-17-9-7-6-8-16(17)19-18(23)22(4)11-10-15-13(2)20-21-14(15)3/h6-9H,5,10-12H2,1-4H3,(H,19,23)(H,20,21). The molecular weight excluding hydrogens is 320 g/mol. The molecule has 24 heavy (non-hydrogen) atoms. The maximum absolute atomic E-state index is 12.4. The van der Waals surface area contributed by atoms with Gasteiger partial charge in [0.1, 0.15) is 0 Å². The zero-order chi connectivity index (χ0) is 17.5. The fourth-order valence-corrected chi connectivity index (χ4v) is 3.32. The van der Waals surface area contributed by atoms with Crippen LogP contribution in [0.25, 0.3) is 0 Å². The molecule has 0 fully saturated rings. The number of aromatic nitrogens is 2. The van der Waals surface area contributed by atoms with Gasteiger partial charge < -0.3 is 10.2 Å². The van der Waals surface area contributed by atoms with Crippen molar-refractivity contribution in [3.05, 3.63) is 41.2 Å². The van der Waals surface area contributed by atoms with Gasteiger partial charge in [-0.05, 0) is 50.1 Å². The van der Waals surface area contributed by atoms with Crippen LogP contribution in [0.5, 0.6) is 0 Å². The van der Waals surface area contributed by atoms with Crippen LogP contribution in [0.15, 0.2) is 29.2 Å². The smallest absolute Gasteiger partial charge is 0.321 e. The fourth-order valence-electron chi connectivity index (χ4n) is 2.44. The highest BCUT2D eigenvalue weighted by molar-refractivity contribution is 7.99. The Labute approximate surface area is 148 Å². The molecule has 130 valence electrons. The third-order valence-corrected chi connectivity index (χ3v) is 5.19. The van der Waals surface area contributed by atoms with Crippen LogP contribution < -0.4 is 5.32 Å². The Morgan fingerprint density at radius 1 is 1.33 bits per heavy atom. The van der Waals surface area contributed by atoms with E-state index in [9.17, 15) is 4.79 Å². The highest BCUT2D eigenvalue weighted by Crippen LogP contribution is 2.27. The maximum atomic E-state index is 12.4. The van der Waals surface area contributed by atoms with Gasteiger partial charge in [-0.15, -0.1) is 11.8 Å². The van der Waals surface area contributed by atoms with Crippen molar-refractivity contribution in [2.75, 3.05) is 24.7 Å². The third kappa shape index (κ3) is 4.77. The average Bonchev–Trinajstić information content (AvgIpc) is 2.90. The number of benzene rings is 1. The summed E-state index contributed by atoms with van der Waals surface area (Å²) >= 11 is 1.77. The summed E-state index contributed by atoms with van der Waals surface area (Å²) in [6.45, 7) is 6.80. The van der Waals surface area contributed by atoms with Gasteiger partial charge in [0.2, 0.25) is 0 Å². The summed E-state index contributed by atoms with van der Waals surface area (Å²) in [6, 6.07) is 7.87. The first-order valence-corrected chi connectivity index (χ1v) is 9.25. The number of para-hydroxylation sites is 1. The summed E-state index contributed by atoms with van der Waals surface area (Å²) in [5.74, 6) is 1.04. The molecule has 5 nitrogen and oxygen atoms in total. The van der Waals surface area contributed by atoms with Crippen LogP contribution in [-0.4, -0.2) is 40.5 Å². The molecule has 0 aliphatic carbocycles. The van der Waals surface area contributed by atoms with E-state index >= 15 is 0 Å². The molecule has 0 spiro atoms. The number of H-pyrrole nitrogens is 1. The van der Waals surface area contributed by atoms with E-state index in [2.05, 4.69) is 22.4 Å². The van der Waals surface area contributed by atoms with E-state index < -0.39 is 0 Å². The molecule has 1 aromatic carbocycles. The van der Waals surface area contributed by atoms with Gasteiger partial charge in [-0.25, -0.2) is 4.79 Å². The molecule has 2 aromatic rings. The lowest BCUT2D eigenvalue weighted by Crippen LogP contribution is -2.33. The van der Waals surface area contributed by atoms with E-state index in [-0.39, 0.29) is 6.03 Å². The highest BCUT2D eigenvalue weighted by Gasteiger charge is 2.13. The zero-order valence-electron chi connectivity index (χ0n) is 14.8. The first kappa shape index (κ1) is 18.4. The van der Waals surface area contributed by atoms with Crippen molar-refractivity contribution >= 4 is 23.5 Å². The second-order valence-electron chi connectivity index (χ2n) is 5.86. The molecule has 1 heterocycles. The lowest BCUT2D eigenvalue weighted by Gasteiger charge is -2.19. The molecule has 6 heteroatoms. The predicted octanol–water partition coefficient (Wildman–Crippen LogP) is 4.24. The summed E-state index contributed by atoms with van der Waals surface area (Å²) in [5, 5.41) is 10.2. The van der Waals surface area contributed by atoms with Crippen LogP contribution in [0, 0.1) is 13.8 Å². The quantitative estimate of drug-likeness (QED) is 0.737. The van der Waals surface area contributed by atoms with E-state index in [0.717, 1.165) is 40.6 Å². The van der Waals surface area contributed by atoms with Gasteiger partial charge in [-0.2, -0.15) is 5.10 Å². The van der Waals surface area contributed by atoms with Gasteiger partial charge >= 0.3 is 6.03 Å². The third-order valence-electron chi connectivity index (χ3n) is 3.91. The van der Waals surface area contributed by atoms with E-state index in [4.69, 9.17) is 0 Å². The van der Waals surface area contributed by atoms with Gasteiger partial charge in [-0.1, -0.05) is 19.1 Å². The highest BCUT2D eigenvalue weighted by atomic mass is 32.2. The molecule has 2 N–H and O–H groups in total. The maximum Gasteiger partial charge on any atom is 0.321 e. The van der Waals surface area contributed by atoms with Crippen LogP contribution in [0.2, 0.25) is 0 Å². The molecule has 2 amide bonds. The van der Waals surface area contributed by atoms with Crippen molar-refractivity contribution in [2.24, 2.45) is 0 Å². The van der Waals surface area contributed by atoms with E-state index in [1.165, 1.54) is 5.56 Å². The molecule has 2 rings (SSSR count). The topological polar surface area (TPSA) is 61.0 Å². The van der Waals surface area contributed by atoms with Gasteiger partial charge in [0, 0.05) is 24.2 Å². The second-order valence-corrected chi connectivity index (χ2v) is 7.00. The second kappa shape index (κ2) is 8.78. The number of urea groups is 1. The lowest BCUT2D eigenvalue weighted by molar-refractivity contribution is 0.223. The van der Waals surface area contributed by atoms with Crippen LogP contribution in [0.1, 0.15) is 30.3 Å². The van der Waals surface area contributed by atoms with Crippen molar-refractivity contribution in [1.82, 2.24) is 15.1 Å². The van der Waals surface area contributed by atoms with Crippen LogP contribution in [0.4, 0.5) is 10.5 Å². The number of anilines is 1. The number of carbonyl (C=O) groups is 1. The van der Waals surface area contributed by atoms with Gasteiger partial charge in [-0.3, -0.25) is 5.10 Å². The number of amides is 2. The van der Waals surface area contributed by atoms with Crippen molar-refractivity contribution in [2.45, 2.75) is 38.5 Å². The lowest BCUT2D eigenvalue weighted by atomic mass is 10.1. The molecule has 0 aliphatic heterocycles. The summed E-state index contributed by atoms with van der Waals surface area (Å²) in [6.07, 6.45) is 1.90. The number of thioether (sulfide) groups is 1. The van der Waals surface area contributed by atoms with Crippen LogP contribution in [0.3, 0.4) is 0 Å². The number of aromatic amines is 1. The Morgan fingerprint density at radius 2 is 2.08 bits per heavy atom. The number of aryl methyl sites for hydroxylation is 2. The van der Waals surface area contributed by atoms with Crippen molar-refractivity contribution in [1.29, 1.82) is 0 Å². The normalized spacial score (nSPS) is 10.7. The number of nitrogens with one attached hydrogen (secondary N) is 2. The minimum Gasteiger partial charge on any atom is -0.327 e. The van der Waals surface area contributed by atoms with Crippen molar-refractivity contribution < 1.29 is 4.79 Å². The number of hydrogen-bond donors (Lipinski definition) is 2. The first-order chi connectivity index (χ1) is 11.5. The number of carbonyl (C=O) groups excluding carboxylic acids is 1. The number of hydrogen-bond acceptors (Lipinski definition) is 3. The fraction of sp³-hybridized carbons (Fsp3) is 0.444. The first-order valence-electron chi connectivity index (χ1n) is 8.27. The molecule has 0 saturated carbocycles. The van der Waals surface area contributed by atoms with Crippen LogP contribution in [-0.2, 0) is 6.42 Å². The van der Waals surface area contributed by atoms with E-state index in [1.807, 2.05) is 45.2 Å². The molecule has 0 radical (unpaired) electrons. The molecule has 0 unspecified atom stereocenters. The molecule has 0 aliphatic rings. The van der Waals surface area contributed by atoms with Gasteiger partial charge in [0.15, 0.2) is 0 Å². The predicted molar refractivity (Wildman–Crippen MR) is 101 cm³/mol. The molecule has 0 bridgehead atoms. The SMILES string of the molecule is CCCSc1ccccc1NC(=O)N(C)CCc1c(C)n[nH]c1C. The van der Waals surface area contributed by atoms with E-state index in [1.54, 1.807) is 16.7 Å². The molecular formula is C18H26N4OS. The van der Waals surface area contributed by atoms with Crippen molar-refractivity contribution in [3.63, 3.8) is 0 Å². The zero-order valence-corrected chi connectivity index (χ0v) is 15.7. The number of rotatable bonds is 7. The minimum atomic E-state index is -0.0849. The summed E-state index contributed by atoms with van der Waals surface area (Å²) in [4.78, 5) is 15.3. The summed E-state index contributed by atoms with van der Waals surface area (Å²) in [5.41, 5.74) is 4.14. The number of likely N-dealkylation sites (N-methyl/N-ethyl adjacent to an activating group) is 1. The summed E-state index contributed by atoms with van der Waals surface area (Å²) in [7, 11) is 1.82.